The number of piperidine rings is 1. The molecule has 4 rings (SSSR count). The number of likely N-dealkylation sites (tertiary alicyclic amines) is 1. The lowest BCUT2D eigenvalue weighted by Gasteiger charge is -2.26. The van der Waals surface area contributed by atoms with Crippen LogP contribution in [-0.4, -0.2) is 86.2 Å². The minimum absolute atomic E-state index is 0.0502. The minimum Gasteiger partial charge on any atom is -0.496 e. The van der Waals surface area contributed by atoms with Crippen molar-refractivity contribution in [3.05, 3.63) is 59.7 Å². The molecule has 0 saturated carbocycles. The van der Waals surface area contributed by atoms with Crippen molar-refractivity contribution in [2.75, 3.05) is 40.1 Å². The van der Waals surface area contributed by atoms with Gasteiger partial charge in [-0.3, -0.25) is 9.59 Å². The van der Waals surface area contributed by atoms with E-state index in [0.29, 0.717) is 23.7 Å². The van der Waals surface area contributed by atoms with Crippen LogP contribution in [0.4, 0.5) is 0 Å². The number of aliphatic carboxylic acids is 1. The predicted molar refractivity (Wildman–Crippen MR) is 150 cm³/mol. The number of benzene rings is 2. The normalized spacial score (nSPS) is 19.7. The first-order chi connectivity index (χ1) is 19.9. The molecule has 41 heavy (non-hydrogen) atoms. The number of rotatable bonds is 14. The minimum atomic E-state index is -1.28. The Bertz CT molecular complexity index is 1150. The van der Waals surface area contributed by atoms with Gasteiger partial charge in [0, 0.05) is 25.1 Å². The smallest absolute Gasteiger partial charge is 0.326 e. The maximum Gasteiger partial charge on any atom is 0.326 e. The number of para-hydroxylation sites is 1. The molecular formula is C30H39N3O8. The quantitative estimate of drug-likeness (QED) is 0.292. The van der Waals surface area contributed by atoms with Crippen LogP contribution in [0.3, 0.4) is 0 Å². The number of methoxy groups -OCH3 is 1. The van der Waals surface area contributed by atoms with E-state index in [1.54, 1.807) is 30.3 Å². The van der Waals surface area contributed by atoms with Crippen LogP contribution < -0.4 is 20.1 Å². The Balaban J connectivity index is 1.25. The highest BCUT2D eigenvalue weighted by Gasteiger charge is 2.41. The maximum absolute atomic E-state index is 13.0. The van der Waals surface area contributed by atoms with Gasteiger partial charge in [0.2, 0.25) is 0 Å². The number of carboxylic acids is 1. The molecule has 2 aliphatic rings. The van der Waals surface area contributed by atoms with Gasteiger partial charge in [-0.2, -0.15) is 0 Å². The molecule has 0 bridgehead atoms. The molecule has 0 unspecified atom stereocenters. The van der Waals surface area contributed by atoms with Crippen molar-refractivity contribution in [1.82, 2.24) is 15.5 Å². The van der Waals surface area contributed by atoms with Gasteiger partial charge in [0.1, 0.15) is 24.3 Å². The summed E-state index contributed by atoms with van der Waals surface area (Å²) in [6.45, 7) is 3.86. The molecule has 2 saturated heterocycles. The standard InChI is InChI=1S/C30H39N3O8/c1-38-25-9-4-3-8-22(25)19-31-28(34)26-27(41-20-40-26)29(35)32-24(30(36)37)18-21-10-12-23(13-11-21)39-17-7-16-33-14-5-2-6-15-33/h3-4,8-13,24,26-27H,2,5-7,14-20H2,1H3,(H,31,34)(H,32,35)(H,36,37)/t24-,26+,27+/m0/s1. The van der Waals surface area contributed by atoms with Gasteiger partial charge < -0.3 is 39.6 Å². The summed E-state index contributed by atoms with van der Waals surface area (Å²) in [6, 6.07) is 13.2. The van der Waals surface area contributed by atoms with E-state index in [2.05, 4.69) is 15.5 Å². The summed E-state index contributed by atoms with van der Waals surface area (Å²) in [5.41, 5.74) is 1.47. The summed E-state index contributed by atoms with van der Waals surface area (Å²) < 4.78 is 21.8. The average molecular weight is 570 g/mol. The molecule has 2 aromatic rings. The number of nitrogens with one attached hydrogen (secondary N) is 2. The first-order valence-electron chi connectivity index (χ1n) is 14.0. The van der Waals surface area contributed by atoms with Gasteiger partial charge in [-0.1, -0.05) is 36.8 Å². The van der Waals surface area contributed by atoms with Gasteiger partial charge in [-0.15, -0.1) is 0 Å². The lowest BCUT2D eigenvalue weighted by Crippen LogP contribution is -2.52. The van der Waals surface area contributed by atoms with Gasteiger partial charge in [0.15, 0.2) is 12.2 Å². The van der Waals surface area contributed by atoms with E-state index >= 15 is 0 Å². The van der Waals surface area contributed by atoms with Crippen molar-refractivity contribution in [2.45, 2.75) is 56.9 Å². The highest BCUT2D eigenvalue weighted by Crippen LogP contribution is 2.19. The van der Waals surface area contributed by atoms with Crippen LogP contribution in [0, 0.1) is 0 Å². The third kappa shape index (κ3) is 8.91. The Labute approximate surface area is 240 Å². The lowest BCUT2D eigenvalue weighted by atomic mass is 10.0. The second-order valence-electron chi connectivity index (χ2n) is 10.2. The first kappa shape index (κ1) is 30.3. The summed E-state index contributed by atoms with van der Waals surface area (Å²) in [4.78, 5) is 40.2. The van der Waals surface area contributed by atoms with E-state index in [-0.39, 0.29) is 19.8 Å². The van der Waals surface area contributed by atoms with Crippen molar-refractivity contribution in [2.24, 2.45) is 0 Å². The van der Waals surface area contributed by atoms with Crippen LogP contribution in [0.25, 0.3) is 0 Å². The van der Waals surface area contributed by atoms with E-state index in [0.717, 1.165) is 31.6 Å². The van der Waals surface area contributed by atoms with E-state index in [1.165, 1.54) is 26.4 Å². The topological polar surface area (TPSA) is 136 Å². The Morgan fingerprint density at radius 1 is 1.00 bits per heavy atom. The molecule has 2 heterocycles. The summed E-state index contributed by atoms with van der Waals surface area (Å²) in [5.74, 6) is -1.16. The second-order valence-corrected chi connectivity index (χ2v) is 10.2. The fourth-order valence-electron chi connectivity index (χ4n) is 4.99. The molecule has 222 valence electrons. The molecule has 2 amide bonds. The molecule has 0 aliphatic carbocycles. The van der Waals surface area contributed by atoms with Crippen LogP contribution in [0.5, 0.6) is 11.5 Å². The molecule has 0 radical (unpaired) electrons. The Morgan fingerprint density at radius 2 is 1.71 bits per heavy atom. The van der Waals surface area contributed by atoms with Crippen LogP contribution >= 0.6 is 0 Å². The van der Waals surface area contributed by atoms with Crippen LogP contribution in [0.1, 0.15) is 36.8 Å². The highest BCUT2D eigenvalue weighted by atomic mass is 16.7. The highest BCUT2D eigenvalue weighted by molar-refractivity contribution is 5.93. The fraction of sp³-hybridized carbons (Fsp3) is 0.500. The number of carbonyl (C=O) groups excluding carboxylic acids is 2. The Hall–Kier alpha value is -3.67. The summed E-state index contributed by atoms with van der Waals surface area (Å²) in [6.07, 6.45) is 2.35. The number of nitrogens with zero attached hydrogens (tertiary/aromatic N) is 1. The Morgan fingerprint density at radius 3 is 2.41 bits per heavy atom. The number of hydrogen-bond acceptors (Lipinski definition) is 8. The molecule has 2 fully saturated rings. The zero-order valence-corrected chi connectivity index (χ0v) is 23.4. The molecule has 11 heteroatoms. The lowest BCUT2D eigenvalue weighted by molar-refractivity contribution is -0.144. The molecule has 0 spiro atoms. The zero-order valence-electron chi connectivity index (χ0n) is 23.4. The zero-order chi connectivity index (χ0) is 29.0. The molecule has 2 aromatic carbocycles. The summed E-state index contributed by atoms with van der Waals surface area (Å²) in [5, 5.41) is 15.0. The maximum atomic E-state index is 13.0. The third-order valence-electron chi connectivity index (χ3n) is 7.25. The number of amides is 2. The molecular weight excluding hydrogens is 530 g/mol. The third-order valence-corrected chi connectivity index (χ3v) is 7.25. The number of ether oxygens (including phenoxy) is 4. The van der Waals surface area contributed by atoms with Crippen LogP contribution in [0.15, 0.2) is 48.5 Å². The monoisotopic (exact) mass is 569 g/mol. The summed E-state index contributed by atoms with van der Waals surface area (Å²) >= 11 is 0. The molecule has 3 N–H and O–H groups in total. The molecule has 0 aromatic heterocycles. The molecule has 2 aliphatic heterocycles. The van der Waals surface area contributed by atoms with Crippen LogP contribution in [0.2, 0.25) is 0 Å². The SMILES string of the molecule is COc1ccccc1CNC(=O)[C@@H]1OCO[C@H]1C(=O)N[C@@H](Cc1ccc(OCCCN2CCCCC2)cc1)C(=O)O. The number of carboxylic acid groups (broad SMARTS) is 1. The van der Waals surface area contributed by atoms with Gasteiger partial charge in [0.25, 0.3) is 11.8 Å². The van der Waals surface area contributed by atoms with Gasteiger partial charge in [0.05, 0.1) is 13.7 Å². The second kappa shape index (κ2) is 15.4. The fourth-order valence-corrected chi connectivity index (χ4v) is 4.99. The molecule has 11 nitrogen and oxygen atoms in total. The van der Waals surface area contributed by atoms with Crippen molar-refractivity contribution in [3.63, 3.8) is 0 Å². The number of carbonyl (C=O) groups is 3. The number of hydrogen-bond donors (Lipinski definition) is 3. The van der Waals surface area contributed by atoms with E-state index in [9.17, 15) is 19.5 Å². The van der Waals surface area contributed by atoms with E-state index in [4.69, 9.17) is 18.9 Å². The van der Waals surface area contributed by atoms with Gasteiger partial charge >= 0.3 is 5.97 Å². The first-order valence-corrected chi connectivity index (χ1v) is 14.0. The Kier molecular flexibility index (Phi) is 11.4. The van der Waals surface area contributed by atoms with Gasteiger partial charge in [-0.05, 0) is 56.1 Å². The average Bonchev–Trinajstić information content (AvgIpc) is 3.50. The largest absolute Gasteiger partial charge is 0.496 e. The summed E-state index contributed by atoms with van der Waals surface area (Å²) in [7, 11) is 1.54. The van der Waals surface area contributed by atoms with Crippen LogP contribution in [-0.2, 0) is 36.8 Å². The van der Waals surface area contributed by atoms with Gasteiger partial charge in [-0.25, -0.2) is 4.79 Å². The molecule has 3 atom stereocenters. The van der Waals surface area contributed by atoms with Crippen molar-refractivity contribution < 1.29 is 38.4 Å². The van der Waals surface area contributed by atoms with E-state index < -0.39 is 36.0 Å². The van der Waals surface area contributed by atoms with Crippen molar-refractivity contribution in [3.8, 4) is 11.5 Å². The van der Waals surface area contributed by atoms with Crippen molar-refractivity contribution >= 4 is 17.8 Å². The predicted octanol–water partition coefficient (Wildman–Crippen LogP) is 2.12. The van der Waals surface area contributed by atoms with E-state index in [1.807, 2.05) is 18.2 Å². The van der Waals surface area contributed by atoms with Crippen molar-refractivity contribution in [1.29, 1.82) is 0 Å².